The molecular weight excluding hydrogens is 414 g/mol. The molecule has 3 aromatic heterocycles. The van der Waals surface area contributed by atoms with Crippen LogP contribution < -0.4 is 10.3 Å². The first-order valence-corrected chi connectivity index (χ1v) is 10.5. The van der Waals surface area contributed by atoms with Gasteiger partial charge in [-0.25, -0.2) is 4.98 Å². The fourth-order valence-corrected chi connectivity index (χ4v) is 4.32. The normalized spacial score (nSPS) is 12.5. The lowest BCUT2D eigenvalue weighted by Crippen LogP contribution is -2.13. The van der Waals surface area contributed by atoms with Gasteiger partial charge in [-0.2, -0.15) is 0 Å². The van der Waals surface area contributed by atoms with Crippen LogP contribution in [0.5, 0.6) is 5.75 Å². The molecule has 0 aliphatic carbocycles. The molecule has 0 saturated carbocycles. The Bertz CT molecular complexity index is 1470. The number of furan rings is 1. The minimum atomic E-state index is -0.150. The van der Waals surface area contributed by atoms with Crippen LogP contribution in [-0.4, -0.2) is 31.8 Å². The van der Waals surface area contributed by atoms with E-state index in [4.69, 9.17) is 9.15 Å². The summed E-state index contributed by atoms with van der Waals surface area (Å²) in [5.74, 6) is 2.46. The van der Waals surface area contributed by atoms with Gasteiger partial charge in [0, 0.05) is 12.4 Å². The van der Waals surface area contributed by atoms with Gasteiger partial charge in [-0.3, -0.25) is 4.79 Å². The Hall–Kier alpha value is -3.59. The molecule has 0 fully saturated rings. The number of fused-ring (bicyclic) bond motifs is 2. The van der Waals surface area contributed by atoms with Crippen LogP contribution in [0.4, 0.5) is 0 Å². The molecule has 1 N–H and O–H groups in total. The Morgan fingerprint density at radius 1 is 1.16 bits per heavy atom. The third kappa shape index (κ3) is 3.36. The van der Waals surface area contributed by atoms with E-state index in [9.17, 15) is 4.79 Å². The SMILES string of the molecule is COc1cccc2cc(-c3nnc(SC(C)c4nc5ccccc5c(=O)[nH]4)n3C)oc12. The molecule has 0 amide bonds. The molecule has 0 radical (unpaired) electrons. The van der Waals surface area contributed by atoms with Gasteiger partial charge in [0.25, 0.3) is 5.56 Å². The molecule has 5 aromatic rings. The summed E-state index contributed by atoms with van der Waals surface area (Å²) in [6.07, 6.45) is 0. The molecule has 8 nitrogen and oxygen atoms in total. The van der Waals surface area contributed by atoms with Gasteiger partial charge in [0.1, 0.15) is 5.82 Å². The fourth-order valence-electron chi connectivity index (χ4n) is 3.45. The Morgan fingerprint density at radius 3 is 2.84 bits per heavy atom. The van der Waals surface area contributed by atoms with Crippen molar-refractivity contribution in [3.63, 3.8) is 0 Å². The Balaban J connectivity index is 1.46. The molecule has 0 aliphatic heterocycles. The molecule has 156 valence electrons. The van der Waals surface area contributed by atoms with E-state index in [1.165, 1.54) is 11.8 Å². The third-order valence-electron chi connectivity index (χ3n) is 5.08. The predicted molar refractivity (Wildman–Crippen MR) is 119 cm³/mol. The van der Waals surface area contributed by atoms with Gasteiger partial charge in [-0.15, -0.1) is 10.2 Å². The van der Waals surface area contributed by atoms with Crippen molar-refractivity contribution in [2.24, 2.45) is 7.05 Å². The molecule has 1 atom stereocenters. The van der Waals surface area contributed by atoms with Crippen molar-refractivity contribution in [2.75, 3.05) is 7.11 Å². The first-order valence-electron chi connectivity index (χ1n) is 9.67. The van der Waals surface area contributed by atoms with Crippen LogP contribution in [0.3, 0.4) is 0 Å². The summed E-state index contributed by atoms with van der Waals surface area (Å²) in [6.45, 7) is 1.97. The zero-order valence-electron chi connectivity index (χ0n) is 17.1. The number of aromatic nitrogens is 5. The molecular formula is C22H19N5O3S. The standard InChI is InChI=1S/C22H19N5O3S/c1-12(19-23-15-9-5-4-8-14(15)21(28)24-19)31-22-26-25-20(27(22)2)17-11-13-7-6-10-16(29-3)18(13)30-17/h4-12H,1-3H3,(H,23,24,28). The highest BCUT2D eigenvalue weighted by molar-refractivity contribution is 7.99. The second-order valence-electron chi connectivity index (χ2n) is 7.08. The van der Waals surface area contributed by atoms with Gasteiger partial charge < -0.3 is 18.7 Å². The topological polar surface area (TPSA) is 98.8 Å². The van der Waals surface area contributed by atoms with Crippen molar-refractivity contribution < 1.29 is 9.15 Å². The van der Waals surface area contributed by atoms with Crippen LogP contribution in [0.25, 0.3) is 33.5 Å². The van der Waals surface area contributed by atoms with Crippen molar-refractivity contribution in [3.05, 3.63) is 64.7 Å². The van der Waals surface area contributed by atoms with E-state index in [1.807, 2.05) is 61.0 Å². The number of nitrogens with zero attached hydrogens (tertiary/aromatic N) is 4. The number of hydrogen-bond acceptors (Lipinski definition) is 7. The van der Waals surface area contributed by atoms with Crippen molar-refractivity contribution in [1.29, 1.82) is 0 Å². The second-order valence-corrected chi connectivity index (χ2v) is 8.39. The first kappa shape index (κ1) is 19.4. The van der Waals surface area contributed by atoms with E-state index >= 15 is 0 Å². The average Bonchev–Trinajstić information content (AvgIpc) is 3.37. The van der Waals surface area contributed by atoms with Crippen LogP contribution in [0, 0.1) is 0 Å². The van der Waals surface area contributed by atoms with E-state index in [0.29, 0.717) is 44.8 Å². The van der Waals surface area contributed by atoms with E-state index in [2.05, 4.69) is 20.2 Å². The van der Waals surface area contributed by atoms with Crippen LogP contribution in [0.1, 0.15) is 18.0 Å². The second kappa shape index (κ2) is 7.59. The quantitative estimate of drug-likeness (QED) is 0.412. The summed E-state index contributed by atoms with van der Waals surface area (Å²) >= 11 is 1.46. The summed E-state index contributed by atoms with van der Waals surface area (Å²) in [5.41, 5.74) is 1.19. The summed E-state index contributed by atoms with van der Waals surface area (Å²) in [7, 11) is 3.49. The highest BCUT2D eigenvalue weighted by Crippen LogP contribution is 2.36. The molecule has 1 unspecified atom stereocenters. The number of H-pyrrole nitrogens is 1. The lowest BCUT2D eigenvalue weighted by atomic mass is 10.2. The summed E-state index contributed by atoms with van der Waals surface area (Å²) in [4.78, 5) is 19.9. The number of methoxy groups -OCH3 is 1. The molecule has 31 heavy (non-hydrogen) atoms. The molecule has 0 bridgehead atoms. The molecule has 0 saturated heterocycles. The van der Waals surface area contributed by atoms with Gasteiger partial charge in [0.05, 0.1) is 23.3 Å². The lowest BCUT2D eigenvalue weighted by molar-refractivity contribution is 0.410. The zero-order chi connectivity index (χ0) is 21.5. The number of nitrogens with one attached hydrogen (secondary N) is 1. The number of aromatic amines is 1. The van der Waals surface area contributed by atoms with Crippen LogP contribution >= 0.6 is 11.8 Å². The maximum Gasteiger partial charge on any atom is 0.258 e. The van der Waals surface area contributed by atoms with Crippen LogP contribution in [0.2, 0.25) is 0 Å². The number of ether oxygens (including phenoxy) is 1. The molecule has 9 heteroatoms. The minimum absolute atomic E-state index is 0.135. The summed E-state index contributed by atoms with van der Waals surface area (Å²) in [6, 6.07) is 14.9. The zero-order valence-corrected chi connectivity index (χ0v) is 17.9. The van der Waals surface area contributed by atoms with E-state index in [1.54, 1.807) is 13.2 Å². The number of hydrogen-bond donors (Lipinski definition) is 1. The van der Waals surface area contributed by atoms with Crippen molar-refractivity contribution in [2.45, 2.75) is 17.3 Å². The Labute approximate surface area is 181 Å². The molecule has 2 aromatic carbocycles. The van der Waals surface area contributed by atoms with Gasteiger partial charge in [0.15, 0.2) is 28.1 Å². The molecule has 0 aliphatic rings. The average molecular weight is 433 g/mol. The minimum Gasteiger partial charge on any atom is -0.493 e. The van der Waals surface area contributed by atoms with Gasteiger partial charge in [0.2, 0.25) is 0 Å². The maximum atomic E-state index is 12.4. The Kier molecular flexibility index (Phi) is 4.74. The van der Waals surface area contributed by atoms with E-state index in [-0.39, 0.29) is 10.8 Å². The van der Waals surface area contributed by atoms with Gasteiger partial charge in [-0.05, 0) is 31.2 Å². The smallest absolute Gasteiger partial charge is 0.258 e. The Morgan fingerprint density at radius 2 is 2.00 bits per heavy atom. The fraction of sp³-hybridized carbons (Fsp3) is 0.182. The highest BCUT2D eigenvalue weighted by Gasteiger charge is 2.20. The van der Waals surface area contributed by atoms with E-state index in [0.717, 1.165) is 5.39 Å². The predicted octanol–water partition coefficient (Wildman–Crippen LogP) is 4.33. The van der Waals surface area contributed by atoms with Crippen molar-refractivity contribution in [3.8, 4) is 17.3 Å². The van der Waals surface area contributed by atoms with E-state index < -0.39 is 0 Å². The highest BCUT2D eigenvalue weighted by atomic mass is 32.2. The molecule has 3 heterocycles. The lowest BCUT2D eigenvalue weighted by Gasteiger charge is -2.10. The van der Waals surface area contributed by atoms with Crippen molar-refractivity contribution in [1.82, 2.24) is 24.7 Å². The number of thioether (sulfide) groups is 1. The van der Waals surface area contributed by atoms with Crippen LogP contribution in [-0.2, 0) is 7.05 Å². The van der Waals surface area contributed by atoms with Gasteiger partial charge >= 0.3 is 0 Å². The number of benzene rings is 2. The molecule has 0 spiro atoms. The van der Waals surface area contributed by atoms with Crippen molar-refractivity contribution >= 4 is 33.6 Å². The molecule has 5 rings (SSSR count). The largest absolute Gasteiger partial charge is 0.493 e. The van der Waals surface area contributed by atoms with Gasteiger partial charge in [-0.1, -0.05) is 36.0 Å². The maximum absolute atomic E-state index is 12.4. The van der Waals surface area contributed by atoms with Crippen LogP contribution in [0.15, 0.2) is 62.9 Å². The third-order valence-corrected chi connectivity index (χ3v) is 6.22. The first-order chi connectivity index (χ1) is 15.0. The summed E-state index contributed by atoms with van der Waals surface area (Å²) in [5, 5.41) is 10.7. The number of rotatable bonds is 5. The number of para-hydroxylation sites is 2. The monoisotopic (exact) mass is 433 g/mol. The summed E-state index contributed by atoms with van der Waals surface area (Å²) < 4.78 is 13.2.